The minimum Gasteiger partial charge on any atom is -0.497 e. The molecule has 1 amide bonds. The molecule has 11 nitrogen and oxygen atoms in total. The standard InChI is InChI=1S/C22H19BrN6O5/c1-34-16-6-7-19(23)17(10-16)21(30)24-8-9-28-20-18(11-26-28)22(31)27(13-25-20)12-14-2-4-15(5-3-14)29(32)33/h2-7,10-11,13H,8-9,12H2,1H3,(H,24,30). The summed E-state index contributed by atoms with van der Waals surface area (Å²) in [5.41, 5.74) is 1.28. The van der Waals surface area contributed by atoms with E-state index in [0.717, 1.165) is 5.56 Å². The van der Waals surface area contributed by atoms with Crippen LogP contribution in [-0.2, 0) is 13.1 Å². The second-order valence-corrected chi connectivity index (χ2v) is 8.16. The smallest absolute Gasteiger partial charge is 0.269 e. The molecule has 0 bridgehead atoms. The summed E-state index contributed by atoms with van der Waals surface area (Å²) in [5.74, 6) is 0.293. The third-order valence-electron chi connectivity index (χ3n) is 5.15. The number of rotatable bonds is 8. The Hall–Kier alpha value is -4.06. The number of halogens is 1. The highest BCUT2D eigenvalue weighted by atomic mass is 79.9. The van der Waals surface area contributed by atoms with Gasteiger partial charge in [-0.05, 0) is 39.7 Å². The fourth-order valence-corrected chi connectivity index (χ4v) is 3.80. The number of carbonyl (C=O) groups excluding carboxylic acids is 1. The van der Waals surface area contributed by atoms with Gasteiger partial charge in [0.15, 0.2) is 5.65 Å². The number of amides is 1. The number of hydrogen-bond donors (Lipinski definition) is 1. The van der Waals surface area contributed by atoms with E-state index < -0.39 is 4.92 Å². The Labute approximate surface area is 201 Å². The van der Waals surface area contributed by atoms with E-state index in [1.54, 1.807) is 35.0 Å². The molecular weight excluding hydrogens is 508 g/mol. The summed E-state index contributed by atoms with van der Waals surface area (Å²) < 4.78 is 8.77. The maximum Gasteiger partial charge on any atom is 0.269 e. The summed E-state index contributed by atoms with van der Waals surface area (Å²) >= 11 is 3.36. The number of nitrogens with one attached hydrogen (secondary N) is 1. The first-order valence-corrected chi connectivity index (χ1v) is 10.9. The van der Waals surface area contributed by atoms with Crippen LogP contribution in [0.25, 0.3) is 11.0 Å². The zero-order valence-electron chi connectivity index (χ0n) is 18.0. The molecule has 12 heteroatoms. The summed E-state index contributed by atoms with van der Waals surface area (Å²) in [7, 11) is 1.53. The van der Waals surface area contributed by atoms with Gasteiger partial charge in [0.05, 0.1) is 36.9 Å². The third kappa shape index (κ3) is 4.81. The first-order chi connectivity index (χ1) is 16.4. The third-order valence-corrected chi connectivity index (χ3v) is 5.84. The molecule has 0 aliphatic heterocycles. The van der Waals surface area contributed by atoms with E-state index in [-0.39, 0.29) is 30.2 Å². The van der Waals surface area contributed by atoms with Crippen LogP contribution in [0.4, 0.5) is 5.69 Å². The van der Waals surface area contributed by atoms with Crippen LogP contribution in [0.2, 0.25) is 0 Å². The lowest BCUT2D eigenvalue weighted by Gasteiger charge is -2.09. The predicted molar refractivity (Wildman–Crippen MR) is 127 cm³/mol. The van der Waals surface area contributed by atoms with E-state index in [1.165, 1.54) is 36.3 Å². The Morgan fingerprint density at radius 1 is 1.24 bits per heavy atom. The lowest BCUT2D eigenvalue weighted by atomic mass is 10.2. The average molecular weight is 527 g/mol. The van der Waals surface area contributed by atoms with Crippen LogP contribution in [0.5, 0.6) is 5.75 Å². The Balaban J connectivity index is 1.44. The highest BCUT2D eigenvalue weighted by molar-refractivity contribution is 9.10. The van der Waals surface area contributed by atoms with Gasteiger partial charge in [0.2, 0.25) is 0 Å². The number of ether oxygens (including phenoxy) is 1. The van der Waals surface area contributed by atoms with E-state index in [9.17, 15) is 19.7 Å². The van der Waals surface area contributed by atoms with Crippen LogP contribution in [-0.4, -0.2) is 43.8 Å². The van der Waals surface area contributed by atoms with Crippen molar-refractivity contribution in [3.8, 4) is 5.75 Å². The van der Waals surface area contributed by atoms with Gasteiger partial charge in [-0.15, -0.1) is 0 Å². The molecule has 2 aromatic heterocycles. The molecule has 0 atom stereocenters. The second-order valence-electron chi connectivity index (χ2n) is 7.31. The molecule has 4 rings (SSSR count). The monoisotopic (exact) mass is 526 g/mol. The Morgan fingerprint density at radius 2 is 2.00 bits per heavy atom. The van der Waals surface area contributed by atoms with E-state index in [1.807, 2.05) is 0 Å². The molecule has 2 heterocycles. The Kier molecular flexibility index (Phi) is 6.68. The highest BCUT2D eigenvalue weighted by Crippen LogP contribution is 2.22. The van der Waals surface area contributed by atoms with Crippen LogP contribution in [0, 0.1) is 10.1 Å². The number of aromatic nitrogens is 4. The summed E-state index contributed by atoms with van der Waals surface area (Å²) in [4.78, 5) is 40.1. The number of nitrogens with zero attached hydrogens (tertiary/aromatic N) is 5. The zero-order chi connectivity index (χ0) is 24.2. The number of benzene rings is 2. The topological polar surface area (TPSA) is 134 Å². The van der Waals surface area contributed by atoms with Crippen LogP contribution in [0.3, 0.4) is 0 Å². The van der Waals surface area contributed by atoms with E-state index in [2.05, 4.69) is 31.3 Å². The van der Waals surface area contributed by atoms with Gasteiger partial charge in [-0.2, -0.15) is 5.10 Å². The van der Waals surface area contributed by atoms with Crippen LogP contribution in [0.1, 0.15) is 15.9 Å². The summed E-state index contributed by atoms with van der Waals surface area (Å²) in [6, 6.07) is 11.1. The quantitative estimate of drug-likeness (QED) is 0.275. The van der Waals surface area contributed by atoms with Crippen molar-refractivity contribution >= 4 is 38.6 Å². The predicted octanol–water partition coefficient (Wildman–Crippen LogP) is 2.75. The maximum atomic E-state index is 12.9. The molecule has 2 aromatic carbocycles. The molecule has 4 aromatic rings. The number of hydrogen-bond acceptors (Lipinski definition) is 7. The number of nitro groups is 1. The first-order valence-electron chi connectivity index (χ1n) is 10.1. The van der Waals surface area contributed by atoms with Crippen LogP contribution >= 0.6 is 15.9 Å². The SMILES string of the molecule is COc1ccc(Br)c(C(=O)NCCn2ncc3c(=O)n(Cc4ccc([N+](=O)[O-])cc4)cnc32)c1. The van der Waals surface area contributed by atoms with Crippen molar-refractivity contribution in [2.45, 2.75) is 13.1 Å². The normalized spacial score (nSPS) is 10.9. The summed E-state index contributed by atoms with van der Waals surface area (Å²) in [6.45, 7) is 0.804. The van der Waals surface area contributed by atoms with Gasteiger partial charge < -0.3 is 10.1 Å². The average Bonchev–Trinajstić information content (AvgIpc) is 3.25. The molecule has 34 heavy (non-hydrogen) atoms. The Morgan fingerprint density at radius 3 is 2.71 bits per heavy atom. The number of carbonyl (C=O) groups is 1. The minimum atomic E-state index is -0.476. The lowest BCUT2D eigenvalue weighted by molar-refractivity contribution is -0.384. The molecule has 0 saturated heterocycles. The molecular formula is C22H19BrN6O5. The zero-order valence-corrected chi connectivity index (χ0v) is 19.6. The van der Waals surface area contributed by atoms with E-state index in [0.29, 0.717) is 33.4 Å². The van der Waals surface area contributed by atoms with E-state index in [4.69, 9.17) is 4.74 Å². The maximum absolute atomic E-state index is 12.9. The molecule has 0 fully saturated rings. The lowest BCUT2D eigenvalue weighted by Crippen LogP contribution is -2.28. The molecule has 0 radical (unpaired) electrons. The molecule has 0 spiro atoms. The molecule has 0 aliphatic carbocycles. The minimum absolute atomic E-state index is 0.0169. The van der Waals surface area contributed by atoms with Crippen molar-refractivity contribution in [3.63, 3.8) is 0 Å². The van der Waals surface area contributed by atoms with Gasteiger partial charge in [-0.3, -0.25) is 24.3 Å². The fourth-order valence-electron chi connectivity index (χ4n) is 3.37. The number of non-ortho nitro benzene ring substituents is 1. The number of fused-ring (bicyclic) bond motifs is 1. The van der Waals surface area contributed by atoms with Crippen molar-refractivity contribution in [2.24, 2.45) is 0 Å². The summed E-state index contributed by atoms with van der Waals surface area (Å²) in [5, 5.41) is 18.2. The van der Waals surface area contributed by atoms with Gasteiger partial charge in [-0.25, -0.2) is 9.67 Å². The second kappa shape index (κ2) is 9.83. The Bertz CT molecular complexity index is 1430. The van der Waals surface area contributed by atoms with Crippen molar-refractivity contribution < 1.29 is 14.5 Å². The van der Waals surface area contributed by atoms with Crippen LogP contribution in [0.15, 0.2) is 64.3 Å². The molecule has 1 N–H and O–H groups in total. The van der Waals surface area contributed by atoms with Gasteiger partial charge in [-0.1, -0.05) is 12.1 Å². The van der Waals surface area contributed by atoms with Gasteiger partial charge in [0.1, 0.15) is 17.5 Å². The first kappa shape index (κ1) is 23.1. The van der Waals surface area contributed by atoms with Crippen molar-refractivity contribution in [1.29, 1.82) is 0 Å². The van der Waals surface area contributed by atoms with Gasteiger partial charge in [0.25, 0.3) is 17.2 Å². The van der Waals surface area contributed by atoms with Crippen molar-refractivity contribution in [3.05, 3.63) is 91.1 Å². The molecule has 0 aliphatic rings. The largest absolute Gasteiger partial charge is 0.497 e. The molecule has 0 saturated carbocycles. The molecule has 174 valence electrons. The van der Waals surface area contributed by atoms with Crippen molar-refractivity contribution in [2.75, 3.05) is 13.7 Å². The molecule has 0 unspecified atom stereocenters. The van der Waals surface area contributed by atoms with E-state index >= 15 is 0 Å². The van der Waals surface area contributed by atoms with Crippen LogP contribution < -0.4 is 15.6 Å². The van der Waals surface area contributed by atoms with Gasteiger partial charge >= 0.3 is 0 Å². The van der Waals surface area contributed by atoms with Crippen molar-refractivity contribution in [1.82, 2.24) is 24.6 Å². The number of methoxy groups -OCH3 is 1. The highest BCUT2D eigenvalue weighted by Gasteiger charge is 2.14. The fraction of sp³-hybridized carbons (Fsp3) is 0.182. The van der Waals surface area contributed by atoms with Gasteiger partial charge in [0, 0.05) is 23.2 Å². The number of nitro benzene ring substituents is 1. The summed E-state index contributed by atoms with van der Waals surface area (Å²) in [6.07, 6.45) is 2.85.